The lowest BCUT2D eigenvalue weighted by Crippen LogP contribution is -2.29. The fourth-order valence-corrected chi connectivity index (χ4v) is 3.28. The van der Waals surface area contributed by atoms with Crippen LogP contribution in [-0.4, -0.2) is 19.1 Å². The van der Waals surface area contributed by atoms with Crippen molar-refractivity contribution in [1.82, 2.24) is 0 Å². The summed E-state index contributed by atoms with van der Waals surface area (Å²) in [4.78, 5) is 12.3. The summed E-state index contributed by atoms with van der Waals surface area (Å²) >= 11 is 0. The SMILES string of the molecule is Cc1cc(C(=O)Nc2cccc(CS(=O)(=O)C(C)(C)C)c2)c(C)o1. The van der Waals surface area contributed by atoms with E-state index in [0.29, 0.717) is 28.3 Å². The molecule has 0 aliphatic heterocycles. The number of aryl methyl sites for hydroxylation is 2. The van der Waals surface area contributed by atoms with Gasteiger partial charge in [0.15, 0.2) is 9.84 Å². The standard InChI is InChI=1S/C18H23NO4S/c1-12-9-16(13(2)23-12)17(20)19-15-8-6-7-14(10-15)11-24(21,22)18(3,4)5/h6-10H,11H2,1-5H3,(H,19,20). The first-order valence-electron chi connectivity index (χ1n) is 7.69. The van der Waals surface area contributed by atoms with Crippen LogP contribution < -0.4 is 5.32 Å². The summed E-state index contributed by atoms with van der Waals surface area (Å²) in [5, 5.41) is 2.78. The van der Waals surface area contributed by atoms with Crippen molar-refractivity contribution >= 4 is 21.4 Å². The van der Waals surface area contributed by atoms with Crippen LogP contribution in [0.5, 0.6) is 0 Å². The average molecular weight is 349 g/mol. The largest absolute Gasteiger partial charge is 0.466 e. The lowest BCUT2D eigenvalue weighted by molar-refractivity contribution is 0.102. The molecule has 1 aromatic carbocycles. The Hall–Kier alpha value is -2.08. The molecule has 24 heavy (non-hydrogen) atoms. The summed E-state index contributed by atoms with van der Waals surface area (Å²) < 4.78 is 29.2. The molecule has 0 radical (unpaired) electrons. The highest BCUT2D eigenvalue weighted by molar-refractivity contribution is 7.91. The number of rotatable bonds is 4. The minimum Gasteiger partial charge on any atom is -0.466 e. The van der Waals surface area contributed by atoms with Gasteiger partial charge < -0.3 is 9.73 Å². The van der Waals surface area contributed by atoms with Gasteiger partial charge in [-0.1, -0.05) is 12.1 Å². The number of hydrogen-bond donors (Lipinski definition) is 1. The monoisotopic (exact) mass is 349 g/mol. The molecule has 130 valence electrons. The van der Waals surface area contributed by atoms with Crippen molar-refractivity contribution < 1.29 is 17.6 Å². The molecule has 0 unspecified atom stereocenters. The van der Waals surface area contributed by atoms with Gasteiger partial charge in [0.1, 0.15) is 11.5 Å². The zero-order valence-corrected chi connectivity index (χ0v) is 15.5. The molecule has 6 heteroatoms. The summed E-state index contributed by atoms with van der Waals surface area (Å²) in [6, 6.07) is 8.57. The lowest BCUT2D eigenvalue weighted by atomic mass is 10.2. The highest BCUT2D eigenvalue weighted by Gasteiger charge is 2.29. The van der Waals surface area contributed by atoms with E-state index in [9.17, 15) is 13.2 Å². The predicted octanol–water partition coefficient (Wildman–Crippen LogP) is 3.86. The molecular formula is C18H23NO4S. The van der Waals surface area contributed by atoms with E-state index < -0.39 is 14.6 Å². The molecule has 2 rings (SSSR count). The summed E-state index contributed by atoms with van der Waals surface area (Å²) in [5.74, 6) is 0.878. The highest BCUT2D eigenvalue weighted by Crippen LogP contribution is 2.22. The van der Waals surface area contributed by atoms with Crippen LogP contribution >= 0.6 is 0 Å². The lowest BCUT2D eigenvalue weighted by Gasteiger charge is -2.19. The van der Waals surface area contributed by atoms with Gasteiger partial charge in [0, 0.05) is 5.69 Å². The molecule has 2 aromatic rings. The first-order chi connectivity index (χ1) is 11.0. The van der Waals surface area contributed by atoms with Crippen LogP contribution in [0.1, 0.15) is 48.2 Å². The smallest absolute Gasteiger partial charge is 0.259 e. The molecule has 0 fully saturated rings. The van der Waals surface area contributed by atoms with Gasteiger partial charge >= 0.3 is 0 Å². The molecule has 0 spiro atoms. The second-order valence-corrected chi connectivity index (χ2v) is 9.60. The third-order valence-corrected chi connectivity index (χ3v) is 6.34. The van der Waals surface area contributed by atoms with Crippen molar-refractivity contribution in [2.24, 2.45) is 0 Å². The molecular weight excluding hydrogens is 326 g/mol. The maximum atomic E-state index is 12.3. The van der Waals surface area contributed by atoms with Crippen LogP contribution in [0.25, 0.3) is 0 Å². The van der Waals surface area contributed by atoms with E-state index in [1.165, 1.54) is 0 Å². The van der Waals surface area contributed by atoms with Gasteiger partial charge in [0.05, 0.1) is 16.1 Å². The van der Waals surface area contributed by atoms with E-state index in [2.05, 4.69) is 5.32 Å². The van der Waals surface area contributed by atoms with E-state index in [1.807, 2.05) is 0 Å². The fraction of sp³-hybridized carbons (Fsp3) is 0.389. The molecule has 0 atom stereocenters. The van der Waals surface area contributed by atoms with E-state index in [4.69, 9.17) is 4.42 Å². The van der Waals surface area contributed by atoms with Crippen molar-refractivity contribution in [3.63, 3.8) is 0 Å². The predicted molar refractivity (Wildman–Crippen MR) is 95.0 cm³/mol. The fourth-order valence-electron chi connectivity index (χ4n) is 2.23. The Morgan fingerprint density at radius 1 is 1.17 bits per heavy atom. The molecule has 0 aliphatic rings. The first-order valence-corrected chi connectivity index (χ1v) is 9.34. The van der Waals surface area contributed by atoms with Gasteiger partial charge in [0.2, 0.25) is 0 Å². The van der Waals surface area contributed by atoms with Gasteiger partial charge in [-0.2, -0.15) is 0 Å². The number of hydrogen-bond acceptors (Lipinski definition) is 4. The summed E-state index contributed by atoms with van der Waals surface area (Å²) in [7, 11) is -3.28. The molecule has 1 N–H and O–H groups in total. The summed E-state index contributed by atoms with van der Waals surface area (Å²) in [5.41, 5.74) is 1.67. The van der Waals surface area contributed by atoms with Crippen LogP contribution in [0.3, 0.4) is 0 Å². The average Bonchev–Trinajstić information content (AvgIpc) is 2.76. The zero-order chi connectivity index (χ0) is 18.1. The van der Waals surface area contributed by atoms with Gasteiger partial charge in [0.25, 0.3) is 5.91 Å². The molecule has 1 aromatic heterocycles. The molecule has 1 heterocycles. The van der Waals surface area contributed by atoms with Crippen LogP contribution in [0.15, 0.2) is 34.7 Å². The zero-order valence-electron chi connectivity index (χ0n) is 14.6. The van der Waals surface area contributed by atoms with Gasteiger partial charge in [-0.15, -0.1) is 0 Å². The Balaban J connectivity index is 2.19. The maximum absolute atomic E-state index is 12.3. The van der Waals surface area contributed by atoms with Crippen molar-refractivity contribution in [2.75, 3.05) is 5.32 Å². The number of furan rings is 1. The number of benzene rings is 1. The third-order valence-electron chi connectivity index (χ3n) is 3.76. The van der Waals surface area contributed by atoms with E-state index in [0.717, 1.165) is 0 Å². The highest BCUT2D eigenvalue weighted by atomic mass is 32.2. The molecule has 0 saturated heterocycles. The topological polar surface area (TPSA) is 76.4 Å². The Labute approximate surface area is 143 Å². The second-order valence-electron chi connectivity index (χ2n) is 6.85. The number of sulfone groups is 1. The van der Waals surface area contributed by atoms with Crippen molar-refractivity contribution in [3.8, 4) is 0 Å². The van der Waals surface area contributed by atoms with Gasteiger partial charge in [-0.3, -0.25) is 4.79 Å². The normalized spacial score (nSPS) is 12.2. The molecule has 0 bridgehead atoms. The molecule has 0 saturated carbocycles. The number of carbonyl (C=O) groups excluding carboxylic acids is 1. The maximum Gasteiger partial charge on any atom is 0.259 e. The number of anilines is 1. The minimum absolute atomic E-state index is 0.0654. The number of nitrogens with one attached hydrogen (secondary N) is 1. The molecule has 0 aliphatic carbocycles. The van der Waals surface area contributed by atoms with Crippen molar-refractivity contribution in [2.45, 2.75) is 45.1 Å². The van der Waals surface area contributed by atoms with Crippen LogP contribution in [0.2, 0.25) is 0 Å². The Bertz CT molecular complexity index is 857. The summed E-state index contributed by atoms with van der Waals surface area (Å²) in [6.07, 6.45) is 0. The second kappa shape index (κ2) is 6.43. The number of amides is 1. The van der Waals surface area contributed by atoms with Crippen molar-refractivity contribution in [1.29, 1.82) is 0 Å². The van der Waals surface area contributed by atoms with Crippen molar-refractivity contribution in [3.05, 3.63) is 53.0 Å². The van der Waals surface area contributed by atoms with Gasteiger partial charge in [-0.25, -0.2) is 8.42 Å². The quantitative estimate of drug-likeness (QED) is 0.909. The van der Waals surface area contributed by atoms with E-state index in [1.54, 1.807) is 65.0 Å². The first kappa shape index (κ1) is 18.3. The molecule has 1 amide bonds. The third kappa shape index (κ3) is 4.06. The van der Waals surface area contributed by atoms with Crippen LogP contribution in [0.4, 0.5) is 5.69 Å². The van der Waals surface area contributed by atoms with Gasteiger partial charge in [-0.05, 0) is 58.4 Å². The Kier molecular flexibility index (Phi) is 4.90. The number of carbonyl (C=O) groups is 1. The Morgan fingerprint density at radius 3 is 2.38 bits per heavy atom. The minimum atomic E-state index is -3.28. The summed E-state index contributed by atoms with van der Waals surface area (Å²) in [6.45, 7) is 8.55. The Morgan fingerprint density at radius 2 is 1.83 bits per heavy atom. The van der Waals surface area contributed by atoms with Crippen LogP contribution in [0, 0.1) is 13.8 Å². The van der Waals surface area contributed by atoms with E-state index in [-0.39, 0.29) is 11.7 Å². The van der Waals surface area contributed by atoms with E-state index >= 15 is 0 Å². The van der Waals surface area contributed by atoms with Crippen LogP contribution in [-0.2, 0) is 15.6 Å². The molecule has 5 nitrogen and oxygen atoms in total.